The number of hydrogen-bond acceptors (Lipinski definition) is 0. The zero-order valence-electron chi connectivity index (χ0n) is 7.32. The topological polar surface area (TPSA) is 0 Å². The maximum Gasteiger partial charge on any atom is 0.0377 e. The van der Waals surface area contributed by atoms with Crippen LogP contribution in [0.25, 0.3) is 0 Å². The first kappa shape index (κ1) is 10.2. The molecule has 0 aromatic heterocycles. The fourth-order valence-electron chi connectivity index (χ4n) is 0.747. The van der Waals surface area contributed by atoms with Crippen molar-refractivity contribution in [1.82, 2.24) is 0 Å². The van der Waals surface area contributed by atoms with E-state index in [1.807, 2.05) is 0 Å². The van der Waals surface area contributed by atoms with Crippen molar-refractivity contribution in [2.45, 2.75) is 32.5 Å². The second-order valence-electron chi connectivity index (χ2n) is 3.38. The quantitative estimate of drug-likeness (QED) is 0.487. The van der Waals surface area contributed by atoms with E-state index in [0.717, 1.165) is 0 Å². The van der Waals surface area contributed by atoms with Crippen LogP contribution in [0.5, 0.6) is 0 Å². The highest BCUT2D eigenvalue weighted by molar-refractivity contribution is 9.09. The van der Waals surface area contributed by atoms with E-state index < -0.39 is 0 Å². The molecular formula is C9H17Br. The molecule has 0 aromatic rings. The van der Waals surface area contributed by atoms with Crippen LogP contribution < -0.4 is 0 Å². The smallest absolute Gasteiger partial charge is 0.0377 e. The van der Waals surface area contributed by atoms with Gasteiger partial charge in [-0.15, -0.1) is 0 Å². The summed E-state index contributed by atoms with van der Waals surface area (Å²) in [6.45, 7) is 12.8. The highest BCUT2D eigenvalue weighted by Gasteiger charge is 2.14. The maximum absolute atomic E-state index is 4.03. The fourth-order valence-corrected chi connectivity index (χ4v) is 1.28. The molecule has 0 radical (unpaired) electrons. The lowest BCUT2D eigenvalue weighted by atomic mass is 9.96. The molecular weight excluding hydrogens is 188 g/mol. The molecule has 1 unspecified atom stereocenters. The van der Waals surface area contributed by atoms with Gasteiger partial charge in [0.2, 0.25) is 0 Å². The zero-order valence-corrected chi connectivity index (χ0v) is 8.90. The van der Waals surface area contributed by atoms with Crippen molar-refractivity contribution in [3.8, 4) is 0 Å². The third-order valence-corrected chi connectivity index (χ3v) is 3.33. The molecule has 0 spiro atoms. The van der Waals surface area contributed by atoms with Crippen LogP contribution in [0.2, 0.25) is 0 Å². The first-order valence-corrected chi connectivity index (χ1v) is 4.71. The van der Waals surface area contributed by atoms with Crippen molar-refractivity contribution in [2.24, 2.45) is 11.8 Å². The Hall–Kier alpha value is 0.220. The number of hydrogen-bond donors (Lipinski definition) is 0. The second kappa shape index (κ2) is 4.17. The Morgan fingerprint density at radius 2 is 1.60 bits per heavy atom. The first-order valence-electron chi connectivity index (χ1n) is 3.79. The van der Waals surface area contributed by atoms with E-state index in [1.54, 1.807) is 0 Å². The summed E-state index contributed by atoms with van der Waals surface area (Å²) in [5, 5.41) is 0. The van der Waals surface area contributed by atoms with Crippen LogP contribution in [-0.2, 0) is 0 Å². The molecule has 0 heterocycles. The Morgan fingerprint density at radius 1 is 1.20 bits per heavy atom. The third-order valence-electron chi connectivity index (χ3n) is 1.68. The van der Waals surface area contributed by atoms with E-state index in [2.05, 4.69) is 50.2 Å². The molecule has 0 aliphatic carbocycles. The highest BCUT2D eigenvalue weighted by Crippen LogP contribution is 2.24. The van der Waals surface area contributed by atoms with Crippen LogP contribution in [0.4, 0.5) is 0 Å². The average molecular weight is 205 g/mol. The molecule has 0 rings (SSSR count). The second-order valence-corrected chi connectivity index (χ2v) is 4.36. The molecule has 0 nitrogen and oxygen atoms in total. The number of rotatable bonds is 3. The standard InChI is InChI=1S/C9H17Br/c1-6(2)8(5)9(10)7(3)4/h6-7,9H,5H2,1-4H3. The van der Waals surface area contributed by atoms with Crippen LogP contribution >= 0.6 is 15.9 Å². The largest absolute Gasteiger partial charge is 0.0985 e. The van der Waals surface area contributed by atoms with Gasteiger partial charge in [0.15, 0.2) is 0 Å². The van der Waals surface area contributed by atoms with Gasteiger partial charge in [-0.25, -0.2) is 0 Å². The third kappa shape index (κ3) is 2.87. The van der Waals surface area contributed by atoms with Gasteiger partial charge in [0.1, 0.15) is 0 Å². The summed E-state index contributed by atoms with van der Waals surface area (Å²) in [5.74, 6) is 1.24. The number of allylic oxidation sites excluding steroid dienone is 1. The van der Waals surface area contributed by atoms with E-state index >= 15 is 0 Å². The lowest BCUT2D eigenvalue weighted by Crippen LogP contribution is -2.13. The molecule has 0 aliphatic rings. The first-order chi connectivity index (χ1) is 4.46. The van der Waals surface area contributed by atoms with Gasteiger partial charge in [-0.05, 0) is 11.8 Å². The minimum atomic E-state index is 0.479. The minimum Gasteiger partial charge on any atom is -0.0985 e. The Kier molecular flexibility index (Phi) is 4.26. The van der Waals surface area contributed by atoms with Crippen LogP contribution in [0.1, 0.15) is 27.7 Å². The molecule has 0 aromatic carbocycles. The van der Waals surface area contributed by atoms with Gasteiger partial charge < -0.3 is 0 Å². The molecule has 10 heavy (non-hydrogen) atoms. The molecule has 0 bridgehead atoms. The predicted molar refractivity (Wildman–Crippen MR) is 51.5 cm³/mol. The maximum atomic E-state index is 4.03. The van der Waals surface area contributed by atoms with E-state index in [1.165, 1.54) is 5.57 Å². The van der Waals surface area contributed by atoms with Crippen molar-refractivity contribution in [3.63, 3.8) is 0 Å². The molecule has 0 amide bonds. The number of halogens is 1. The van der Waals surface area contributed by atoms with Gasteiger partial charge in [0.25, 0.3) is 0 Å². The van der Waals surface area contributed by atoms with Crippen molar-refractivity contribution in [1.29, 1.82) is 0 Å². The Balaban J connectivity index is 3.95. The van der Waals surface area contributed by atoms with Crippen LogP contribution in [0, 0.1) is 11.8 Å². The lowest BCUT2D eigenvalue weighted by Gasteiger charge is -2.19. The van der Waals surface area contributed by atoms with Crippen molar-refractivity contribution < 1.29 is 0 Å². The Labute approximate surface area is 72.8 Å². The van der Waals surface area contributed by atoms with Crippen LogP contribution in [0.3, 0.4) is 0 Å². The summed E-state index contributed by atoms with van der Waals surface area (Å²) >= 11 is 3.61. The van der Waals surface area contributed by atoms with E-state index in [9.17, 15) is 0 Å². The average Bonchev–Trinajstić information content (AvgIpc) is 1.84. The molecule has 0 saturated heterocycles. The monoisotopic (exact) mass is 204 g/mol. The van der Waals surface area contributed by atoms with Crippen LogP contribution in [-0.4, -0.2) is 4.83 Å². The van der Waals surface area contributed by atoms with Gasteiger partial charge in [0, 0.05) is 4.83 Å². The molecule has 0 saturated carbocycles. The SMILES string of the molecule is C=C(C(C)C)C(Br)C(C)C. The highest BCUT2D eigenvalue weighted by atomic mass is 79.9. The lowest BCUT2D eigenvalue weighted by molar-refractivity contribution is 0.610. The molecule has 1 atom stereocenters. The summed E-state index contributed by atoms with van der Waals surface area (Å²) in [5.41, 5.74) is 1.30. The molecule has 60 valence electrons. The fraction of sp³-hybridized carbons (Fsp3) is 0.778. The molecule has 1 heteroatoms. The predicted octanol–water partition coefficient (Wildman–Crippen LogP) is 3.62. The summed E-state index contributed by atoms with van der Waals surface area (Å²) in [6, 6.07) is 0. The van der Waals surface area contributed by atoms with Crippen LogP contribution in [0.15, 0.2) is 12.2 Å². The minimum absolute atomic E-state index is 0.479. The van der Waals surface area contributed by atoms with Gasteiger partial charge in [-0.2, -0.15) is 0 Å². The van der Waals surface area contributed by atoms with E-state index in [4.69, 9.17) is 0 Å². The van der Waals surface area contributed by atoms with Crippen molar-refractivity contribution in [2.75, 3.05) is 0 Å². The normalized spacial score (nSPS) is 14.3. The summed E-state index contributed by atoms with van der Waals surface area (Å²) in [4.78, 5) is 0.479. The molecule has 0 N–H and O–H groups in total. The summed E-state index contributed by atoms with van der Waals surface area (Å²) in [6.07, 6.45) is 0. The van der Waals surface area contributed by atoms with Crippen molar-refractivity contribution in [3.05, 3.63) is 12.2 Å². The number of alkyl halides is 1. The molecule has 0 fully saturated rings. The molecule has 0 aliphatic heterocycles. The zero-order chi connectivity index (χ0) is 8.31. The van der Waals surface area contributed by atoms with Gasteiger partial charge in [-0.1, -0.05) is 55.8 Å². The van der Waals surface area contributed by atoms with Gasteiger partial charge in [0.05, 0.1) is 0 Å². The van der Waals surface area contributed by atoms with Gasteiger partial charge >= 0.3 is 0 Å². The van der Waals surface area contributed by atoms with E-state index in [0.29, 0.717) is 16.7 Å². The Bertz CT molecular complexity index is 114. The van der Waals surface area contributed by atoms with Crippen molar-refractivity contribution >= 4 is 15.9 Å². The summed E-state index contributed by atoms with van der Waals surface area (Å²) < 4.78 is 0. The summed E-state index contributed by atoms with van der Waals surface area (Å²) in [7, 11) is 0. The Morgan fingerprint density at radius 3 is 1.70 bits per heavy atom. The van der Waals surface area contributed by atoms with E-state index in [-0.39, 0.29) is 0 Å². The van der Waals surface area contributed by atoms with Gasteiger partial charge in [-0.3, -0.25) is 0 Å².